The van der Waals surface area contributed by atoms with E-state index in [1.54, 1.807) is 0 Å². The highest BCUT2D eigenvalue weighted by Crippen LogP contribution is 2.35. The van der Waals surface area contributed by atoms with Crippen molar-refractivity contribution < 1.29 is 115 Å². The minimum atomic E-state index is -1.98. The van der Waals surface area contributed by atoms with Gasteiger partial charge in [0.2, 0.25) is 0 Å². The summed E-state index contributed by atoms with van der Waals surface area (Å²) >= 11 is 0. The lowest BCUT2D eigenvalue weighted by Gasteiger charge is -2.50. The van der Waals surface area contributed by atoms with Gasteiger partial charge in [0.15, 0.2) is 25.2 Å². The van der Waals surface area contributed by atoms with Gasteiger partial charge in [-0.05, 0) is 13.3 Å². The molecule has 0 aromatic carbocycles. The van der Waals surface area contributed by atoms with Gasteiger partial charge >= 0.3 is 0 Å². The molecule has 55 heavy (non-hydrogen) atoms. The fourth-order valence-corrected chi connectivity index (χ4v) is 7.68. The maximum atomic E-state index is 11.2. The van der Waals surface area contributed by atoms with E-state index in [9.17, 15) is 81.7 Å². The molecule has 322 valence electrons. The Bertz CT molecular complexity index is 1190. The standard InChI is InChI=1S/C31H55NO23/c1-7-13(16(39)22(45)29(49-7)54-26-11(5-35)50-28(48)21(44)19(26)42)32-9-2-8(3-33)25(18(41)14(9)37)53-31-24(47)20(43)27(12(6-36)52-31)55-30-23(46)17(40)15(38)10(4-34)51-30/h7-48H,2-6H2,1H3/t7-,8?,9+,10-,11-,12-,13-,14+,15-,16+,17+,18-,19-,20-,21-,22-,23-,24-,25-,26-,27-,28+,29-,30-,31-/m1/s1. The van der Waals surface area contributed by atoms with E-state index in [-0.39, 0.29) is 6.42 Å². The Morgan fingerprint density at radius 3 is 1.47 bits per heavy atom. The lowest BCUT2D eigenvalue weighted by Crippen LogP contribution is -2.69. The summed E-state index contributed by atoms with van der Waals surface area (Å²) in [6, 6.07) is -2.26. The normalized spacial score (nSPS) is 53.9. The van der Waals surface area contributed by atoms with Crippen LogP contribution in [0.2, 0.25) is 0 Å². The summed E-state index contributed by atoms with van der Waals surface area (Å²) in [4.78, 5) is 0. The van der Waals surface area contributed by atoms with Crippen LogP contribution in [0.4, 0.5) is 0 Å². The van der Waals surface area contributed by atoms with Gasteiger partial charge in [-0.2, -0.15) is 0 Å². The smallest absolute Gasteiger partial charge is 0.187 e. The van der Waals surface area contributed by atoms with Crippen molar-refractivity contribution in [1.29, 1.82) is 0 Å². The molecule has 24 nitrogen and oxygen atoms in total. The molecule has 1 saturated carbocycles. The highest BCUT2D eigenvalue weighted by atomic mass is 16.7. The molecule has 1 unspecified atom stereocenters. The molecule has 24 heteroatoms. The van der Waals surface area contributed by atoms with Gasteiger partial charge in [0.05, 0.1) is 44.2 Å². The summed E-state index contributed by atoms with van der Waals surface area (Å²) in [5, 5.41) is 169. The van der Waals surface area contributed by atoms with Gasteiger partial charge in [-0.25, -0.2) is 0 Å². The Morgan fingerprint density at radius 1 is 0.455 bits per heavy atom. The molecule has 25 atom stereocenters. The minimum Gasteiger partial charge on any atom is -0.396 e. The van der Waals surface area contributed by atoms with Crippen molar-refractivity contribution in [2.24, 2.45) is 5.92 Å². The molecule has 5 fully saturated rings. The summed E-state index contributed by atoms with van der Waals surface area (Å²) in [5.74, 6) is -1.01. The molecular formula is C31H55NO23. The van der Waals surface area contributed by atoms with E-state index >= 15 is 0 Å². The van der Waals surface area contributed by atoms with Crippen LogP contribution in [0.25, 0.3) is 0 Å². The van der Waals surface area contributed by atoms with Crippen LogP contribution in [-0.4, -0.2) is 255 Å². The fraction of sp³-hybridized carbons (Fsp3) is 1.00. The van der Waals surface area contributed by atoms with Gasteiger partial charge < -0.3 is 120 Å². The largest absolute Gasteiger partial charge is 0.396 e. The second-order valence-corrected chi connectivity index (χ2v) is 14.6. The van der Waals surface area contributed by atoms with Crippen molar-refractivity contribution >= 4 is 0 Å². The molecule has 5 aliphatic rings. The maximum Gasteiger partial charge on any atom is 0.187 e. The van der Waals surface area contributed by atoms with E-state index in [2.05, 4.69) is 5.32 Å². The molecule has 1 aliphatic carbocycles. The van der Waals surface area contributed by atoms with Gasteiger partial charge in [-0.3, -0.25) is 0 Å². The molecule has 0 radical (unpaired) electrons. The van der Waals surface area contributed by atoms with Crippen LogP contribution in [0.1, 0.15) is 13.3 Å². The van der Waals surface area contributed by atoms with Gasteiger partial charge in [0.1, 0.15) is 91.6 Å². The number of aliphatic hydroxyl groups excluding tert-OH is 16. The fourth-order valence-electron chi connectivity index (χ4n) is 7.68. The molecule has 4 aliphatic heterocycles. The lowest BCUT2D eigenvalue weighted by atomic mass is 9.78. The summed E-state index contributed by atoms with van der Waals surface area (Å²) < 4.78 is 38.6. The van der Waals surface area contributed by atoms with E-state index in [1.807, 2.05) is 0 Å². The molecule has 0 bridgehead atoms. The molecule has 0 spiro atoms. The third-order valence-corrected chi connectivity index (χ3v) is 11.0. The van der Waals surface area contributed by atoms with E-state index in [0.717, 1.165) is 0 Å². The summed E-state index contributed by atoms with van der Waals surface area (Å²) in [5.41, 5.74) is 0. The molecule has 17 N–H and O–H groups in total. The average Bonchev–Trinajstić information content (AvgIpc) is 3.17. The number of ether oxygens (including phenoxy) is 7. The zero-order valence-electron chi connectivity index (χ0n) is 29.5. The summed E-state index contributed by atoms with van der Waals surface area (Å²) in [6.07, 6.45) is -37.1. The van der Waals surface area contributed by atoms with Crippen molar-refractivity contribution in [2.45, 2.75) is 160 Å². The van der Waals surface area contributed by atoms with Gasteiger partial charge in [-0.1, -0.05) is 0 Å². The number of nitrogens with one attached hydrogen (secondary N) is 1. The van der Waals surface area contributed by atoms with E-state index in [4.69, 9.17) is 33.2 Å². The minimum absolute atomic E-state index is 0.160. The van der Waals surface area contributed by atoms with Crippen LogP contribution in [0.15, 0.2) is 0 Å². The molecule has 4 heterocycles. The first-order valence-electron chi connectivity index (χ1n) is 17.9. The van der Waals surface area contributed by atoms with Crippen LogP contribution in [0, 0.1) is 5.92 Å². The van der Waals surface area contributed by atoms with Crippen molar-refractivity contribution in [3.8, 4) is 0 Å². The summed E-state index contributed by atoms with van der Waals surface area (Å²) in [6.45, 7) is -1.63. The van der Waals surface area contributed by atoms with Crippen molar-refractivity contribution in [3.05, 3.63) is 0 Å². The SMILES string of the molecule is C[C@H]1O[C@H](O[C@H]2[C@H](O)[C@@H](O)[C@@H](O)O[C@@H]2CO)[C@H](O)[C@@H](O)[C@@H]1N[C@H]1CC(CO)[C@@H](O[C@H]2O[C@H](CO)[C@@H](O[C@H]3O[C@H](CO)[C@@H](O)[C@H](O)[C@H]3O)[C@H](O)[C@H]2O)[C@H](O)[C@H]1O. The number of hydrogen-bond donors (Lipinski definition) is 17. The highest BCUT2D eigenvalue weighted by Gasteiger charge is 2.55. The first-order valence-corrected chi connectivity index (χ1v) is 17.9. The third kappa shape index (κ3) is 9.13. The second kappa shape index (κ2) is 19.0. The third-order valence-electron chi connectivity index (χ3n) is 11.0. The Morgan fingerprint density at radius 2 is 0.909 bits per heavy atom. The zero-order valence-corrected chi connectivity index (χ0v) is 29.5. The topological polar surface area (TPSA) is 400 Å². The maximum absolute atomic E-state index is 11.2. The van der Waals surface area contributed by atoms with Crippen LogP contribution in [0.3, 0.4) is 0 Å². The number of rotatable bonds is 12. The molecule has 0 aromatic rings. The van der Waals surface area contributed by atoms with Crippen LogP contribution >= 0.6 is 0 Å². The molecule has 0 amide bonds. The van der Waals surface area contributed by atoms with Gasteiger partial charge in [-0.15, -0.1) is 0 Å². The first-order chi connectivity index (χ1) is 26.0. The number of hydrogen-bond acceptors (Lipinski definition) is 24. The first kappa shape index (κ1) is 45.1. The molecular weight excluding hydrogens is 754 g/mol. The van der Waals surface area contributed by atoms with E-state index < -0.39 is 179 Å². The number of aliphatic hydroxyl groups is 16. The monoisotopic (exact) mass is 809 g/mol. The van der Waals surface area contributed by atoms with E-state index in [1.165, 1.54) is 6.92 Å². The van der Waals surface area contributed by atoms with Gasteiger partial charge in [0, 0.05) is 18.6 Å². The lowest BCUT2D eigenvalue weighted by molar-refractivity contribution is -0.368. The van der Waals surface area contributed by atoms with Crippen LogP contribution < -0.4 is 5.32 Å². The molecule has 0 aromatic heterocycles. The zero-order chi connectivity index (χ0) is 40.6. The van der Waals surface area contributed by atoms with Crippen LogP contribution in [-0.2, 0) is 33.2 Å². The second-order valence-electron chi connectivity index (χ2n) is 14.6. The Balaban J connectivity index is 1.21. The Kier molecular flexibility index (Phi) is 15.6. The predicted octanol–water partition coefficient (Wildman–Crippen LogP) is -10.7. The van der Waals surface area contributed by atoms with Gasteiger partial charge in [0.25, 0.3) is 0 Å². The average molecular weight is 810 g/mol. The van der Waals surface area contributed by atoms with E-state index in [0.29, 0.717) is 0 Å². The summed E-state index contributed by atoms with van der Waals surface area (Å²) in [7, 11) is 0. The predicted molar refractivity (Wildman–Crippen MR) is 170 cm³/mol. The van der Waals surface area contributed by atoms with Crippen molar-refractivity contribution in [3.63, 3.8) is 0 Å². The quantitative estimate of drug-likeness (QED) is 0.0870. The van der Waals surface area contributed by atoms with Crippen molar-refractivity contribution in [2.75, 3.05) is 26.4 Å². The van der Waals surface area contributed by atoms with Crippen molar-refractivity contribution in [1.82, 2.24) is 5.32 Å². The molecule has 5 rings (SSSR count). The molecule has 4 saturated heterocycles. The van der Waals surface area contributed by atoms with Crippen LogP contribution in [0.5, 0.6) is 0 Å². The highest BCUT2D eigenvalue weighted by molar-refractivity contribution is 5.03. The Labute approximate surface area is 313 Å². The Hall–Kier alpha value is -0.960.